The van der Waals surface area contributed by atoms with E-state index in [-0.39, 0.29) is 0 Å². The van der Waals surface area contributed by atoms with Crippen molar-refractivity contribution in [2.75, 3.05) is 5.32 Å². The molecule has 1 N–H and O–H groups in total. The standard InChI is InChI=1S/C17H18ClN3/c1-2-3-10-17(13-19,14-5-4-11-20-12-14)21-16-8-6-15(18)7-9-16/h4-9,11-12,21H,2-3,10H2,1H3. The highest BCUT2D eigenvalue weighted by Crippen LogP contribution is 2.31. The SMILES string of the molecule is CCCCC(C#N)(Nc1ccc(Cl)cc1)c1cccnc1. The van der Waals surface area contributed by atoms with E-state index in [1.807, 2.05) is 36.4 Å². The molecule has 1 heterocycles. The van der Waals surface area contributed by atoms with Gasteiger partial charge in [-0.2, -0.15) is 5.26 Å². The molecule has 0 radical (unpaired) electrons. The van der Waals surface area contributed by atoms with E-state index in [2.05, 4.69) is 23.3 Å². The Hall–Kier alpha value is -2.05. The molecule has 3 nitrogen and oxygen atoms in total. The fourth-order valence-corrected chi connectivity index (χ4v) is 2.39. The van der Waals surface area contributed by atoms with Crippen LogP contribution in [-0.4, -0.2) is 4.98 Å². The molecule has 0 aliphatic carbocycles. The second kappa shape index (κ2) is 7.10. The van der Waals surface area contributed by atoms with Gasteiger partial charge in [0.2, 0.25) is 0 Å². The Balaban J connectivity index is 2.35. The van der Waals surface area contributed by atoms with Crippen molar-refractivity contribution in [3.63, 3.8) is 0 Å². The molecule has 1 unspecified atom stereocenters. The number of hydrogen-bond acceptors (Lipinski definition) is 3. The third-order valence-corrected chi connectivity index (χ3v) is 3.70. The van der Waals surface area contributed by atoms with Gasteiger partial charge in [-0.25, -0.2) is 0 Å². The molecular weight excluding hydrogens is 282 g/mol. The zero-order valence-corrected chi connectivity index (χ0v) is 12.8. The van der Waals surface area contributed by atoms with Gasteiger partial charge in [0.05, 0.1) is 6.07 Å². The van der Waals surface area contributed by atoms with Crippen molar-refractivity contribution >= 4 is 17.3 Å². The van der Waals surface area contributed by atoms with Gasteiger partial charge in [0.1, 0.15) is 0 Å². The van der Waals surface area contributed by atoms with Crippen LogP contribution in [0.25, 0.3) is 0 Å². The Bertz CT molecular complexity index is 604. The Morgan fingerprint density at radius 1 is 1.29 bits per heavy atom. The van der Waals surface area contributed by atoms with Crippen LogP contribution in [0.4, 0.5) is 5.69 Å². The molecule has 1 aromatic carbocycles. The Morgan fingerprint density at radius 2 is 2.05 bits per heavy atom. The van der Waals surface area contributed by atoms with Crippen LogP contribution in [0.5, 0.6) is 0 Å². The number of halogens is 1. The van der Waals surface area contributed by atoms with Crippen molar-refractivity contribution in [2.24, 2.45) is 0 Å². The molecule has 1 atom stereocenters. The van der Waals surface area contributed by atoms with Gasteiger partial charge in [0, 0.05) is 28.7 Å². The number of benzene rings is 1. The van der Waals surface area contributed by atoms with Gasteiger partial charge in [-0.3, -0.25) is 4.98 Å². The van der Waals surface area contributed by atoms with Crippen LogP contribution in [0, 0.1) is 11.3 Å². The first-order valence-electron chi connectivity index (χ1n) is 7.06. The maximum absolute atomic E-state index is 9.81. The lowest BCUT2D eigenvalue weighted by molar-refractivity contribution is 0.533. The maximum Gasteiger partial charge on any atom is 0.152 e. The molecule has 0 bridgehead atoms. The summed E-state index contributed by atoms with van der Waals surface area (Å²) in [6.07, 6.45) is 6.19. The molecule has 2 rings (SSSR count). The smallest absolute Gasteiger partial charge is 0.152 e. The van der Waals surface area contributed by atoms with E-state index in [1.165, 1.54) is 0 Å². The number of hydrogen-bond donors (Lipinski definition) is 1. The molecule has 108 valence electrons. The van der Waals surface area contributed by atoms with E-state index >= 15 is 0 Å². The summed E-state index contributed by atoms with van der Waals surface area (Å²) in [7, 11) is 0. The number of pyridine rings is 1. The number of anilines is 1. The van der Waals surface area contributed by atoms with Gasteiger partial charge >= 0.3 is 0 Å². The Morgan fingerprint density at radius 3 is 2.62 bits per heavy atom. The van der Waals surface area contributed by atoms with Crippen LogP contribution in [0.15, 0.2) is 48.8 Å². The van der Waals surface area contributed by atoms with Crippen LogP contribution in [0.1, 0.15) is 31.7 Å². The molecule has 21 heavy (non-hydrogen) atoms. The number of nitrogens with one attached hydrogen (secondary N) is 1. The Kier molecular flexibility index (Phi) is 5.19. The highest BCUT2D eigenvalue weighted by molar-refractivity contribution is 6.30. The van der Waals surface area contributed by atoms with Crippen LogP contribution < -0.4 is 5.32 Å². The van der Waals surface area contributed by atoms with Gasteiger partial charge in [-0.1, -0.05) is 31.0 Å². The fourth-order valence-electron chi connectivity index (χ4n) is 2.26. The molecule has 1 aromatic heterocycles. The van der Waals surface area contributed by atoms with Crippen LogP contribution in [0.3, 0.4) is 0 Å². The van der Waals surface area contributed by atoms with Gasteiger partial charge < -0.3 is 5.32 Å². The third-order valence-electron chi connectivity index (χ3n) is 3.45. The summed E-state index contributed by atoms with van der Waals surface area (Å²) >= 11 is 5.91. The van der Waals surface area contributed by atoms with E-state index in [0.717, 1.165) is 30.5 Å². The zero-order chi connectivity index (χ0) is 15.1. The van der Waals surface area contributed by atoms with Crippen molar-refractivity contribution in [3.05, 3.63) is 59.4 Å². The normalized spacial score (nSPS) is 13.2. The van der Waals surface area contributed by atoms with E-state index in [4.69, 9.17) is 11.6 Å². The predicted molar refractivity (Wildman–Crippen MR) is 86.1 cm³/mol. The van der Waals surface area contributed by atoms with E-state index in [9.17, 15) is 5.26 Å². The minimum atomic E-state index is -0.766. The highest BCUT2D eigenvalue weighted by Gasteiger charge is 2.31. The molecule has 0 aliphatic rings. The minimum Gasteiger partial charge on any atom is -0.364 e. The number of nitriles is 1. The molecule has 0 saturated carbocycles. The lowest BCUT2D eigenvalue weighted by atomic mass is 9.87. The fraction of sp³-hybridized carbons (Fsp3) is 0.294. The quantitative estimate of drug-likeness (QED) is 0.837. The summed E-state index contributed by atoms with van der Waals surface area (Å²) in [5.74, 6) is 0. The molecule has 0 saturated heterocycles. The summed E-state index contributed by atoms with van der Waals surface area (Å²) in [5, 5.41) is 13.8. The van der Waals surface area contributed by atoms with Crippen molar-refractivity contribution in [1.82, 2.24) is 4.98 Å². The topological polar surface area (TPSA) is 48.7 Å². The zero-order valence-electron chi connectivity index (χ0n) is 12.0. The number of aromatic nitrogens is 1. The third kappa shape index (κ3) is 3.74. The lowest BCUT2D eigenvalue weighted by Crippen LogP contribution is -2.34. The number of nitrogens with zero attached hydrogens (tertiary/aromatic N) is 2. The molecule has 2 aromatic rings. The minimum absolute atomic E-state index is 0.679. The van der Waals surface area contributed by atoms with Gasteiger partial charge in [-0.15, -0.1) is 0 Å². The van der Waals surface area contributed by atoms with E-state index in [0.29, 0.717) is 5.02 Å². The molecule has 4 heteroatoms. The molecule has 0 fully saturated rings. The second-order valence-electron chi connectivity index (χ2n) is 4.99. The monoisotopic (exact) mass is 299 g/mol. The summed E-state index contributed by atoms with van der Waals surface area (Å²) < 4.78 is 0. The highest BCUT2D eigenvalue weighted by atomic mass is 35.5. The Labute approximate surface area is 130 Å². The van der Waals surface area contributed by atoms with Crippen molar-refractivity contribution in [1.29, 1.82) is 5.26 Å². The second-order valence-corrected chi connectivity index (χ2v) is 5.43. The molecule has 0 amide bonds. The van der Waals surface area contributed by atoms with Gasteiger partial charge in [0.15, 0.2) is 5.54 Å². The number of unbranched alkanes of at least 4 members (excludes halogenated alkanes) is 1. The molecule has 0 aliphatic heterocycles. The first-order valence-corrected chi connectivity index (χ1v) is 7.43. The van der Waals surface area contributed by atoms with Crippen LogP contribution >= 0.6 is 11.6 Å². The van der Waals surface area contributed by atoms with Gasteiger partial charge in [-0.05, 0) is 43.2 Å². The van der Waals surface area contributed by atoms with Crippen molar-refractivity contribution in [2.45, 2.75) is 31.7 Å². The number of rotatable bonds is 6. The van der Waals surface area contributed by atoms with Gasteiger partial charge in [0.25, 0.3) is 0 Å². The molecule has 0 spiro atoms. The van der Waals surface area contributed by atoms with Crippen LogP contribution in [0.2, 0.25) is 5.02 Å². The summed E-state index contributed by atoms with van der Waals surface area (Å²) in [6, 6.07) is 13.6. The van der Waals surface area contributed by atoms with Crippen molar-refractivity contribution < 1.29 is 0 Å². The summed E-state index contributed by atoms with van der Waals surface area (Å²) in [4.78, 5) is 4.15. The first kappa shape index (κ1) is 15.3. The first-order chi connectivity index (χ1) is 10.2. The average molecular weight is 300 g/mol. The maximum atomic E-state index is 9.81. The lowest BCUT2D eigenvalue weighted by Gasteiger charge is -2.29. The van der Waals surface area contributed by atoms with Crippen molar-refractivity contribution in [3.8, 4) is 6.07 Å². The average Bonchev–Trinajstić information content (AvgIpc) is 2.54. The van der Waals surface area contributed by atoms with Crippen LogP contribution in [-0.2, 0) is 5.54 Å². The van der Waals surface area contributed by atoms with E-state index < -0.39 is 5.54 Å². The predicted octanol–water partition coefficient (Wildman–Crippen LogP) is 4.76. The summed E-state index contributed by atoms with van der Waals surface area (Å²) in [5.41, 5.74) is 0.995. The largest absolute Gasteiger partial charge is 0.364 e. The molecular formula is C17H18ClN3. The summed E-state index contributed by atoms with van der Waals surface area (Å²) in [6.45, 7) is 2.12. The van der Waals surface area contributed by atoms with E-state index in [1.54, 1.807) is 12.4 Å².